The van der Waals surface area contributed by atoms with Gasteiger partial charge < -0.3 is 20.4 Å². The van der Waals surface area contributed by atoms with Crippen molar-refractivity contribution in [1.82, 2.24) is 0 Å². The molecule has 6 aromatic rings. The number of benzene rings is 7. The molecule has 0 atom stereocenters. The molecule has 0 spiro atoms. The lowest BCUT2D eigenvalue weighted by atomic mass is 9.93. The second-order valence-corrected chi connectivity index (χ2v) is 18.8. The first-order valence-electron chi connectivity index (χ1n) is 20.7. The predicted molar refractivity (Wildman–Crippen MR) is 255 cm³/mol. The van der Waals surface area contributed by atoms with Gasteiger partial charge in [0.05, 0.1) is 11.0 Å². The number of hydrogen-bond acceptors (Lipinski definition) is 9. The van der Waals surface area contributed by atoms with Crippen LogP contribution in [0.15, 0.2) is 147 Å². The topological polar surface area (TPSA) is 170 Å². The second-order valence-electron chi connectivity index (χ2n) is 16.0. The van der Waals surface area contributed by atoms with E-state index in [1.165, 1.54) is 6.07 Å². The minimum atomic E-state index is -4.66. The van der Waals surface area contributed by atoms with E-state index in [0.717, 1.165) is 39.2 Å². The lowest BCUT2D eigenvalue weighted by Gasteiger charge is -2.21. The molecule has 0 saturated heterocycles. The molecule has 1 heterocycles. The summed E-state index contributed by atoms with van der Waals surface area (Å²) in [6.45, 7) is 12.4. The maximum atomic E-state index is 12.9. The maximum Gasteiger partial charge on any atom is 0.295 e. The smallest absolute Gasteiger partial charge is 0.295 e. The van der Waals surface area contributed by atoms with E-state index in [1.54, 1.807) is 50.2 Å². The minimum absolute atomic E-state index is 0.230. The Morgan fingerprint density at radius 2 is 1.17 bits per heavy atom. The zero-order valence-corrected chi connectivity index (χ0v) is 37.9. The van der Waals surface area contributed by atoms with Crippen LogP contribution in [0.4, 0.5) is 28.4 Å². The Morgan fingerprint density at radius 3 is 1.81 bits per heavy atom. The fourth-order valence-electron chi connectivity index (χ4n) is 8.71. The molecule has 13 heteroatoms. The van der Waals surface area contributed by atoms with Gasteiger partial charge >= 0.3 is 0 Å². The van der Waals surface area contributed by atoms with Crippen LogP contribution < -0.4 is 21.3 Å². The number of aryl methyl sites for hydroxylation is 2. The van der Waals surface area contributed by atoms with Gasteiger partial charge in [0.1, 0.15) is 21.1 Å². The standard InChI is InChI=1S/C51H48N4O7S2/c1-30-25-31(2)48(32(3)47(30)52-28-36-15-9-7-10-16-36)54-38-21-23-40-43(26-38)62-44-27-39(22-24-41(44)46(40)42-19-13-14-20-45(42)63(56,57)58)55-50-33(4)49(53-29-37-17-11-8-12-18-37)34(5)51(35(50)6)64(59,60)61/h7-27,52-54H,28-29H2,1-6H3,(H,56,57,58)(H,59,60,61)/b55-39+. The molecule has 11 nitrogen and oxygen atoms in total. The van der Waals surface area contributed by atoms with Crippen LogP contribution in [0.25, 0.3) is 33.4 Å². The quantitative estimate of drug-likeness (QED) is 0.0587. The van der Waals surface area contributed by atoms with Crippen molar-refractivity contribution in [3.05, 3.63) is 177 Å². The van der Waals surface area contributed by atoms with E-state index in [9.17, 15) is 25.9 Å². The first-order chi connectivity index (χ1) is 30.5. The van der Waals surface area contributed by atoms with Crippen molar-refractivity contribution in [2.45, 2.75) is 64.4 Å². The molecule has 1 aliphatic heterocycles. The molecule has 0 amide bonds. The lowest BCUT2D eigenvalue weighted by Crippen LogP contribution is -2.11. The Morgan fingerprint density at radius 1 is 0.562 bits per heavy atom. The van der Waals surface area contributed by atoms with Gasteiger partial charge in [0.25, 0.3) is 20.2 Å². The molecule has 0 saturated carbocycles. The van der Waals surface area contributed by atoms with Crippen LogP contribution in [-0.4, -0.2) is 25.9 Å². The summed E-state index contributed by atoms with van der Waals surface area (Å²) in [5.74, 6) is 0.348. The maximum absolute atomic E-state index is 12.9. The summed E-state index contributed by atoms with van der Waals surface area (Å²) in [5, 5.41) is 11.6. The number of nitrogens with zero attached hydrogens (tertiary/aromatic N) is 1. The Hall–Kier alpha value is -6.77. The molecule has 1 aliphatic carbocycles. The molecule has 5 N–H and O–H groups in total. The molecule has 0 unspecified atom stereocenters. The van der Waals surface area contributed by atoms with Crippen molar-refractivity contribution in [2.24, 2.45) is 4.99 Å². The highest BCUT2D eigenvalue weighted by Gasteiger charge is 2.26. The molecule has 8 rings (SSSR count). The van der Waals surface area contributed by atoms with Crippen molar-refractivity contribution in [3.63, 3.8) is 0 Å². The van der Waals surface area contributed by atoms with Crippen molar-refractivity contribution in [2.75, 3.05) is 16.0 Å². The van der Waals surface area contributed by atoms with Gasteiger partial charge in [0.2, 0.25) is 0 Å². The van der Waals surface area contributed by atoms with Crippen LogP contribution in [0.5, 0.6) is 0 Å². The van der Waals surface area contributed by atoms with Crippen LogP contribution in [0, 0.1) is 41.5 Å². The molecule has 6 aromatic carbocycles. The monoisotopic (exact) mass is 892 g/mol. The number of rotatable bonds is 12. The summed E-state index contributed by atoms with van der Waals surface area (Å²) in [7, 11) is -9.32. The lowest BCUT2D eigenvalue weighted by molar-refractivity contribution is 0.480. The van der Waals surface area contributed by atoms with Gasteiger partial charge in [-0.3, -0.25) is 9.11 Å². The van der Waals surface area contributed by atoms with Crippen LogP contribution in [0.1, 0.15) is 44.5 Å². The van der Waals surface area contributed by atoms with Crippen molar-refractivity contribution in [3.8, 4) is 22.5 Å². The van der Waals surface area contributed by atoms with Crippen molar-refractivity contribution in [1.29, 1.82) is 0 Å². The van der Waals surface area contributed by atoms with E-state index in [-0.39, 0.29) is 20.9 Å². The number of hydrogen-bond donors (Lipinski definition) is 5. The minimum Gasteiger partial charge on any atom is -0.456 e. The molecule has 0 aromatic heterocycles. The summed E-state index contributed by atoms with van der Waals surface area (Å²) < 4.78 is 79.0. The highest BCUT2D eigenvalue weighted by atomic mass is 32.2. The highest BCUT2D eigenvalue weighted by Crippen LogP contribution is 2.44. The summed E-state index contributed by atoms with van der Waals surface area (Å²) in [6.07, 6.45) is 0. The van der Waals surface area contributed by atoms with Crippen LogP contribution in [-0.2, 0) is 33.3 Å². The Kier molecular flexibility index (Phi) is 11.9. The summed E-state index contributed by atoms with van der Waals surface area (Å²) in [4.78, 5) is 4.48. The van der Waals surface area contributed by atoms with Gasteiger partial charge in [-0.15, -0.1) is 0 Å². The van der Waals surface area contributed by atoms with Crippen molar-refractivity contribution >= 4 is 59.6 Å². The van der Waals surface area contributed by atoms with Gasteiger partial charge in [-0.1, -0.05) is 84.9 Å². The second kappa shape index (κ2) is 17.4. The zero-order valence-electron chi connectivity index (χ0n) is 36.2. The number of fused-ring (bicyclic) bond motifs is 2. The average Bonchev–Trinajstić information content (AvgIpc) is 3.25. The summed E-state index contributed by atoms with van der Waals surface area (Å²) in [6, 6.07) is 39.1. The third kappa shape index (κ3) is 8.75. The molecule has 326 valence electrons. The van der Waals surface area contributed by atoms with E-state index >= 15 is 0 Å². The Labute approximate surface area is 373 Å². The highest BCUT2D eigenvalue weighted by molar-refractivity contribution is 7.86. The summed E-state index contributed by atoms with van der Waals surface area (Å²) in [5.41, 5.74) is 11.9. The molecule has 64 heavy (non-hydrogen) atoms. The fourth-order valence-corrected chi connectivity index (χ4v) is 10.4. The first-order valence-corrected chi connectivity index (χ1v) is 23.5. The third-order valence-corrected chi connectivity index (χ3v) is 13.7. The van der Waals surface area contributed by atoms with Crippen LogP contribution >= 0.6 is 0 Å². The van der Waals surface area contributed by atoms with E-state index in [0.29, 0.717) is 74.5 Å². The van der Waals surface area contributed by atoms with Crippen LogP contribution in [0.2, 0.25) is 0 Å². The largest absolute Gasteiger partial charge is 0.456 e. The van der Waals surface area contributed by atoms with Crippen LogP contribution in [0.3, 0.4) is 0 Å². The molecular formula is C51H48N4O7S2. The molecule has 0 bridgehead atoms. The molecular weight excluding hydrogens is 845 g/mol. The van der Waals surface area contributed by atoms with Gasteiger partial charge in [0, 0.05) is 70.0 Å². The molecule has 0 radical (unpaired) electrons. The molecule has 2 aliphatic rings. The average molecular weight is 893 g/mol. The summed E-state index contributed by atoms with van der Waals surface area (Å²) >= 11 is 0. The normalized spacial score (nSPS) is 12.2. The van der Waals surface area contributed by atoms with Gasteiger partial charge in [-0.25, -0.2) is 4.99 Å². The Balaban J connectivity index is 1.29. The SMILES string of the molecule is Cc1cc(C)c(Nc2ccc3c(-c4ccccc4S(=O)(=O)O)c4cc/c(=N\c5c(C)c(NCc6ccccc6)c(C)c(S(=O)(=O)O)c5C)cc-4oc3c2)c(C)c1NCc1ccccc1. The first kappa shape index (κ1) is 43.9. The van der Waals surface area contributed by atoms with E-state index in [4.69, 9.17) is 9.41 Å². The molecule has 0 fully saturated rings. The Bertz CT molecular complexity index is 3370. The predicted octanol–water partition coefficient (Wildman–Crippen LogP) is 11.7. The van der Waals surface area contributed by atoms with E-state index in [1.807, 2.05) is 73.7 Å². The number of anilines is 4. The van der Waals surface area contributed by atoms with Gasteiger partial charge in [-0.05, 0) is 116 Å². The van der Waals surface area contributed by atoms with E-state index < -0.39 is 20.2 Å². The van der Waals surface area contributed by atoms with Gasteiger partial charge in [-0.2, -0.15) is 16.8 Å². The third-order valence-electron chi connectivity index (χ3n) is 11.6. The fraction of sp³-hybridized carbons (Fsp3) is 0.157. The van der Waals surface area contributed by atoms with Crippen molar-refractivity contribution < 1.29 is 30.4 Å². The van der Waals surface area contributed by atoms with E-state index in [2.05, 4.69) is 54.9 Å². The number of nitrogens with one attached hydrogen (secondary N) is 3. The van der Waals surface area contributed by atoms with Gasteiger partial charge in [0.15, 0.2) is 0 Å². The zero-order chi connectivity index (χ0) is 45.5.